The highest BCUT2D eigenvalue weighted by Gasteiger charge is 2.33. The highest BCUT2D eigenvalue weighted by atomic mass is 32.1. The fraction of sp³-hybridized carbons (Fsp3) is 0.250. The van der Waals surface area contributed by atoms with Gasteiger partial charge in [-0.2, -0.15) is 13.2 Å². The fourth-order valence-corrected chi connectivity index (χ4v) is 2.29. The summed E-state index contributed by atoms with van der Waals surface area (Å²) in [5.41, 5.74) is 0.672. The highest BCUT2D eigenvalue weighted by Crippen LogP contribution is 2.36. The first-order chi connectivity index (χ1) is 8.86. The maximum absolute atomic E-state index is 13.0. The molecule has 0 bridgehead atoms. The molecule has 1 heterocycles. The molecule has 0 aliphatic carbocycles. The van der Waals surface area contributed by atoms with Crippen LogP contribution in [0.5, 0.6) is 0 Å². The lowest BCUT2D eigenvalue weighted by Crippen LogP contribution is -2.16. The van der Waals surface area contributed by atoms with Crippen molar-refractivity contribution in [1.29, 1.82) is 0 Å². The molecule has 7 heteroatoms. The molecule has 0 aliphatic heterocycles. The van der Waals surface area contributed by atoms with E-state index in [0.717, 1.165) is 6.20 Å². The molecule has 0 radical (unpaired) electrons. The molecule has 0 saturated heterocycles. The zero-order chi connectivity index (χ0) is 14.0. The van der Waals surface area contributed by atoms with E-state index in [1.165, 1.54) is 12.1 Å². The van der Waals surface area contributed by atoms with Crippen LogP contribution in [0.25, 0.3) is 0 Å². The summed E-state index contributed by atoms with van der Waals surface area (Å²) < 4.78 is 50.3. The second kappa shape index (κ2) is 5.16. The minimum atomic E-state index is -4.38. The minimum absolute atomic E-state index is 0.247. The molecular weight excluding hydrogens is 280 g/mol. The van der Waals surface area contributed by atoms with Gasteiger partial charge in [-0.1, -0.05) is 23.5 Å². The Labute approximate surface area is 111 Å². The zero-order valence-corrected chi connectivity index (χ0v) is 10.7. The Bertz CT molecular complexity index is 565. The molecule has 2 nitrogen and oxygen atoms in total. The maximum atomic E-state index is 13.0. The third-order valence-corrected chi connectivity index (χ3v) is 3.56. The average molecular weight is 290 g/mol. The van der Waals surface area contributed by atoms with Crippen molar-refractivity contribution >= 4 is 16.5 Å². The molecule has 0 aliphatic rings. The van der Waals surface area contributed by atoms with Gasteiger partial charge in [-0.3, -0.25) is 0 Å². The quantitative estimate of drug-likeness (QED) is 0.796. The number of hydrogen-bond donors (Lipinski definition) is 0. The topological polar surface area (TPSA) is 16.1 Å². The first-order valence-electron chi connectivity index (χ1n) is 5.35. The molecule has 0 saturated carbocycles. The van der Waals surface area contributed by atoms with Gasteiger partial charge in [0.2, 0.25) is 0 Å². The van der Waals surface area contributed by atoms with Gasteiger partial charge in [0, 0.05) is 13.6 Å². The van der Waals surface area contributed by atoms with Crippen LogP contribution in [0.3, 0.4) is 0 Å². The molecule has 1 aromatic carbocycles. The van der Waals surface area contributed by atoms with Gasteiger partial charge in [0.1, 0.15) is 10.7 Å². The first kappa shape index (κ1) is 13.8. The Morgan fingerprint density at radius 2 is 2.05 bits per heavy atom. The fourth-order valence-electron chi connectivity index (χ4n) is 1.55. The van der Waals surface area contributed by atoms with E-state index in [-0.39, 0.29) is 10.9 Å². The van der Waals surface area contributed by atoms with Crippen LogP contribution in [0.2, 0.25) is 0 Å². The van der Waals surface area contributed by atoms with Gasteiger partial charge in [0.15, 0.2) is 5.13 Å². The molecule has 102 valence electrons. The Morgan fingerprint density at radius 1 is 1.32 bits per heavy atom. The van der Waals surface area contributed by atoms with Gasteiger partial charge in [-0.05, 0) is 17.7 Å². The summed E-state index contributed by atoms with van der Waals surface area (Å²) in [6.45, 7) is 0.294. The van der Waals surface area contributed by atoms with Crippen molar-refractivity contribution in [3.8, 4) is 0 Å². The highest BCUT2D eigenvalue weighted by molar-refractivity contribution is 7.15. The van der Waals surface area contributed by atoms with E-state index < -0.39 is 11.1 Å². The number of anilines is 1. The monoisotopic (exact) mass is 290 g/mol. The number of benzene rings is 1. The van der Waals surface area contributed by atoms with Crippen LogP contribution in [0, 0.1) is 5.82 Å². The second-order valence-corrected chi connectivity index (χ2v) is 5.00. The molecule has 0 fully saturated rings. The Morgan fingerprint density at radius 3 is 2.63 bits per heavy atom. The van der Waals surface area contributed by atoms with Crippen molar-refractivity contribution in [1.82, 2.24) is 4.98 Å². The molecule has 1 aromatic heterocycles. The van der Waals surface area contributed by atoms with E-state index in [1.807, 2.05) is 0 Å². The van der Waals surface area contributed by atoms with E-state index in [2.05, 4.69) is 4.98 Å². The Kier molecular flexibility index (Phi) is 3.75. The molecule has 0 amide bonds. The smallest absolute Gasteiger partial charge is 0.347 e. The summed E-state index contributed by atoms with van der Waals surface area (Å²) >= 11 is 0.567. The molecular formula is C12H10F4N2S. The van der Waals surface area contributed by atoms with E-state index in [4.69, 9.17) is 0 Å². The lowest BCUT2D eigenvalue weighted by molar-refractivity contribution is -0.134. The minimum Gasteiger partial charge on any atom is -0.347 e. The normalized spacial score (nSPS) is 11.6. The SMILES string of the molecule is CN(Cc1cccc(F)c1)c1ncc(C(F)(F)F)s1. The Hall–Kier alpha value is -1.63. The summed E-state index contributed by atoms with van der Waals surface area (Å²) in [5.74, 6) is -0.374. The van der Waals surface area contributed by atoms with Crippen molar-refractivity contribution in [3.05, 3.63) is 46.7 Å². The molecule has 0 spiro atoms. The van der Waals surface area contributed by atoms with Crippen molar-refractivity contribution in [2.24, 2.45) is 0 Å². The number of rotatable bonds is 3. The van der Waals surface area contributed by atoms with E-state index in [0.29, 0.717) is 23.4 Å². The van der Waals surface area contributed by atoms with Crippen molar-refractivity contribution in [2.75, 3.05) is 11.9 Å². The van der Waals surface area contributed by atoms with Crippen molar-refractivity contribution in [3.63, 3.8) is 0 Å². The van der Waals surface area contributed by atoms with Crippen molar-refractivity contribution < 1.29 is 17.6 Å². The predicted octanol–water partition coefficient (Wildman–Crippen LogP) is 3.94. The predicted molar refractivity (Wildman–Crippen MR) is 65.6 cm³/mol. The first-order valence-corrected chi connectivity index (χ1v) is 6.16. The summed E-state index contributed by atoms with van der Waals surface area (Å²) in [5, 5.41) is 0.247. The number of nitrogens with zero attached hydrogens (tertiary/aromatic N) is 2. The third-order valence-electron chi connectivity index (χ3n) is 2.41. The number of aromatic nitrogens is 1. The van der Waals surface area contributed by atoms with Gasteiger partial charge < -0.3 is 4.90 Å². The molecule has 19 heavy (non-hydrogen) atoms. The number of halogens is 4. The molecule has 0 atom stereocenters. The van der Waals surface area contributed by atoms with Crippen LogP contribution in [0.15, 0.2) is 30.5 Å². The van der Waals surface area contributed by atoms with Crippen LogP contribution in [0.1, 0.15) is 10.4 Å². The summed E-state index contributed by atoms with van der Waals surface area (Å²) in [6.07, 6.45) is -3.57. The molecule has 2 aromatic rings. The van der Waals surface area contributed by atoms with Crippen LogP contribution < -0.4 is 4.90 Å². The van der Waals surface area contributed by atoms with Crippen LogP contribution in [-0.2, 0) is 12.7 Å². The van der Waals surface area contributed by atoms with Crippen molar-refractivity contribution in [2.45, 2.75) is 12.7 Å². The number of hydrogen-bond acceptors (Lipinski definition) is 3. The van der Waals surface area contributed by atoms with Crippen LogP contribution in [-0.4, -0.2) is 12.0 Å². The van der Waals surface area contributed by atoms with E-state index >= 15 is 0 Å². The lowest BCUT2D eigenvalue weighted by atomic mass is 10.2. The van der Waals surface area contributed by atoms with Gasteiger partial charge in [0.05, 0.1) is 6.20 Å². The van der Waals surface area contributed by atoms with Gasteiger partial charge in [-0.15, -0.1) is 0 Å². The third kappa shape index (κ3) is 3.44. The number of alkyl halides is 3. The maximum Gasteiger partial charge on any atom is 0.427 e. The summed E-state index contributed by atoms with van der Waals surface area (Å²) in [7, 11) is 1.61. The largest absolute Gasteiger partial charge is 0.427 e. The zero-order valence-electron chi connectivity index (χ0n) is 9.91. The van der Waals surface area contributed by atoms with Gasteiger partial charge in [0.25, 0.3) is 0 Å². The summed E-state index contributed by atoms with van der Waals surface area (Å²) in [4.78, 5) is 4.54. The molecule has 0 N–H and O–H groups in total. The lowest BCUT2D eigenvalue weighted by Gasteiger charge is -2.15. The standard InChI is InChI=1S/C12H10F4N2S/c1-18(7-8-3-2-4-9(13)5-8)11-17-6-10(19-11)12(14,15)16/h2-6H,7H2,1H3. The van der Waals surface area contributed by atoms with Crippen LogP contribution in [0.4, 0.5) is 22.7 Å². The second-order valence-electron chi connectivity index (χ2n) is 3.99. The summed E-state index contributed by atoms with van der Waals surface area (Å²) in [6, 6.07) is 5.92. The number of thiazole rings is 1. The van der Waals surface area contributed by atoms with E-state index in [1.54, 1.807) is 24.1 Å². The Balaban J connectivity index is 2.12. The van der Waals surface area contributed by atoms with E-state index in [9.17, 15) is 17.6 Å². The van der Waals surface area contributed by atoms with Gasteiger partial charge in [-0.25, -0.2) is 9.37 Å². The average Bonchev–Trinajstić information content (AvgIpc) is 2.77. The van der Waals surface area contributed by atoms with Gasteiger partial charge >= 0.3 is 6.18 Å². The molecule has 2 rings (SSSR count). The van der Waals surface area contributed by atoms with Crippen LogP contribution >= 0.6 is 11.3 Å². The molecule has 0 unspecified atom stereocenters.